The lowest BCUT2D eigenvalue weighted by molar-refractivity contribution is 0.0793. The van der Waals surface area contributed by atoms with Crippen LogP contribution >= 0.6 is 35.7 Å². The lowest BCUT2D eigenvalue weighted by Gasteiger charge is -2.34. The average molecular weight is 503 g/mol. The molecule has 0 amide bonds. The van der Waals surface area contributed by atoms with Gasteiger partial charge in [-0.25, -0.2) is 0 Å². The molecule has 2 aliphatic heterocycles. The quantitative estimate of drug-likeness (QED) is 0.361. The number of hydrogen-bond donors (Lipinski definition) is 1. The summed E-state index contributed by atoms with van der Waals surface area (Å²) in [5.74, 6) is 1.82. The number of guanidine groups is 1. The van der Waals surface area contributed by atoms with E-state index in [1.807, 2.05) is 11.8 Å². The first kappa shape index (κ1) is 22.8. The van der Waals surface area contributed by atoms with Crippen molar-refractivity contribution >= 4 is 41.7 Å². The van der Waals surface area contributed by atoms with E-state index in [0.717, 1.165) is 64.1 Å². The van der Waals surface area contributed by atoms with Crippen molar-refractivity contribution in [1.82, 2.24) is 10.2 Å². The van der Waals surface area contributed by atoms with Crippen LogP contribution in [0, 0.1) is 5.92 Å². The Morgan fingerprint density at radius 1 is 1.30 bits per heavy atom. The molecule has 0 bridgehead atoms. The number of nitrogens with one attached hydrogen (secondary N) is 1. The molecule has 1 aromatic carbocycles. The summed E-state index contributed by atoms with van der Waals surface area (Å²) in [5.41, 5.74) is 1.45. The van der Waals surface area contributed by atoms with E-state index in [9.17, 15) is 0 Å². The maximum atomic E-state index is 5.56. The van der Waals surface area contributed by atoms with Crippen molar-refractivity contribution in [2.75, 3.05) is 45.6 Å². The molecule has 0 aromatic heterocycles. The largest absolute Gasteiger partial charge is 0.381 e. The van der Waals surface area contributed by atoms with Gasteiger partial charge in [0.15, 0.2) is 5.96 Å². The van der Waals surface area contributed by atoms with Crippen LogP contribution in [-0.4, -0.2) is 61.3 Å². The number of benzene rings is 1. The van der Waals surface area contributed by atoms with Gasteiger partial charge in [0.1, 0.15) is 0 Å². The fraction of sp³-hybridized carbons (Fsp3) is 0.667. The molecule has 0 saturated carbocycles. The number of thioether (sulfide) groups is 1. The molecule has 2 aliphatic rings. The molecule has 2 heterocycles. The van der Waals surface area contributed by atoms with Gasteiger partial charge < -0.3 is 15.0 Å². The van der Waals surface area contributed by atoms with Gasteiger partial charge in [0.05, 0.1) is 6.54 Å². The van der Waals surface area contributed by atoms with Crippen LogP contribution in [0.3, 0.4) is 0 Å². The maximum Gasteiger partial charge on any atom is 0.193 e. The fourth-order valence-corrected chi connectivity index (χ4v) is 4.72. The lowest BCUT2D eigenvalue weighted by atomic mass is 9.99. The summed E-state index contributed by atoms with van der Waals surface area (Å²) in [6.45, 7) is 7.93. The van der Waals surface area contributed by atoms with E-state index in [1.54, 1.807) is 0 Å². The molecule has 2 fully saturated rings. The van der Waals surface area contributed by atoms with Crippen molar-refractivity contribution in [2.24, 2.45) is 10.9 Å². The monoisotopic (exact) mass is 503 g/mol. The summed E-state index contributed by atoms with van der Waals surface area (Å²) >= 11 is 1.96. The fourth-order valence-electron chi connectivity index (χ4n) is 3.95. The topological polar surface area (TPSA) is 36.9 Å². The van der Waals surface area contributed by atoms with E-state index in [1.165, 1.54) is 18.4 Å². The third kappa shape index (κ3) is 6.53. The summed E-state index contributed by atoms with van der Waals surface area (Å²) in [6.07, 6.45) is 6.85. The molecular weight excluding hydrogens is 469 g/mol. The standard InChI is InChI=1S/C21H33N3OS.HI/c1-3-22-20(23-17-21(26-2)10-13-25-14-11-21)24-12-9-19(16-24)15-18-7-5-4-6-8-18;/h4-8,19H,3,9-17H2,1-2H3,(H,22,23);1H. The first-order valence-corrected chi connectivity index (χ1v) is 11.2. The predicted octanol–water partition coefficient (Wildman–Crippen LogP) is 4.05. The van der Waals surface area contributed by atoms with E-state index in [2.05, 4.69) is 53.7 Å². The van der Waals surface area contributed by atoms with Crippen LogP contribution in [0.1, 0.15) is 31.7 Å². The normalized spacial score (nSPS) is 22.4. The van der Waals surface area contributed by atoms with Crippen molar-refractivity contribution in [3.05, 3.63) is 35.9 Å². The van der Waals surface area contributed by atoms with Crippen molar-refractivity contribution in [1.29, 1.82) is 0 Å². The molecular formula is C21H34IN3OS. The number of halogens is 1. The van der Waals surface area contributed by atoms with Crippen molar-refractivity contribution in [3.63, 3.8) is 0 Å². The molecule has 1 atom stereocenters. The molecule has 27 heavy (non-hydrogen) atoms. The SMILES string of the molecule is CCNC(=NCC1(SC)CCOCC1)N1CCC(Cc2ccccc2)C1.I. The van der Waals surface area contributed by atoms with Crippen LogP contribution < -0.4 is 5.32 Å². The van der Waals surface area contributed by atoms with Gasteiger partial charge in [-0.05, 0) is 50.3 Å². The summed E-state index contributed by atoms with van der Waals surface area (Å²) in [6, 6.07) is 10.9. The summed E-state index contributed by atoms with van der Waals surface area (Å²) in [4.78, 5) is 7.52. The van der Waals surface area contributed by atoms with Gasteiger partial charge in [-0.1, -0.05) is 30.3 Å². The van der Waals surface area contributed by atoms with Crippen LogP contribution in [0.2, 0.25) is 0 Å². The Labute approximate surface area is 185 Å². The Morgan fingerprint density at radius 2 is 2.04 bits per heavy atom. The molecule has 3 rings (SSSR count). The highest BCUT2D eigenvalue weighted by Gasteiger charge is 2.32. The minimum atomic E-state index is 0. The van der Waals surface area contributed by atoms with Crippen molar-refractivity contribution in [3.8, 4) is 0 Å². The van der Waals surface area contributed by atoms with Gasteiger partial charge in [-0.2, -0.15) is 11.8 Å². The third-order valence-corrected chi connectivity index (χ3v) is 7.04. The molecule has 1 aromatic rings. The Balaban J connectivity index is 0.00000261. The third-order valence-electron chi connectivity index (χ3n) is 5.64. The molecule has 2 saturated heterocycles. The lowest BCUT2D eigenvalue weighted by Crippen LogP contribution is -2.42. The zero-order valence-corrected chi connectivity index (χ0v) is 19.8. The minimum absolute atomic E-state index is 0. The van der Waals surface area contributed by atoms with Gasteiger partial charge >= 0.3 is 0 Å². The summed E-state index contributed by atoms with van der Waals surface area (Å²) < 4.78 is 5.82. The number of hydrogen-bond acceptors (Lipinski definition) is 3. The van der Waals surface area contributed by atoms with Crippen LogP contribution in [-0.2, 0) is 11.2 Å². The molecule has 1 N–H and O–H groups in total. The van der Waals surface area contributed by atoms with E-state index in [0.29, 0.717) is 0 Å². The van der Waals surface area contributed by atoms with E-state index >= 15 is 0 Å². The zero-order chi connectivity index (χ0) is 18.2. The van der Waals surface area contributed by atoms with Gasteiger partial charge in [-0.3, -0.25) is 4.99 Å². The molecule has 4 nitrogen and oxygen atoms in total. The Kier molecular flexibility index (Phi) is 9.73. The van der Waals surface area contributed by atoms with Gasteiger partial charge in [0, 0.05) is 37.6 Å². The second kappa shape index (κ2) is 11.5. The van der Waals surface area contributed by atoms with Crippen LogP contribution in [0.25, 0.3) is 0 Å². The molecule has 0 spiro atoms. The predicted molar refractivity (Wildman–Crippen MR) is 128 cm³/mol. The van der Waals surface area contributed by atoms with Crippen LogP contribution in [0.15, 0.2) is 35.3 Å². The number of ether oxygens (including phenoxy) is 1. The molecule has 0 aliphatic carbocycles. The van der Waals surface area contributed by atoms with E-state index in [-0.39, 0.29) is 28.7 Å². The first-order valence-electron chi connectivity index (χ1n) is 9.95. The highest BCUT2D eigenvalue weighted by Crippen LogP contribution is 2.34. The Bertz CT molecular complexity index is 578. The van der Waals surface area contributed by atoms with Crippen molar-refractivity contribution < 1.29 is 4.74 Å². The smallest absolute Gasteiger partial charge is 0.193 e. The first-order chi connectivity index (χ1) is 12.7. The zero-order valence-electron chi connectivity index (χ0n) is 16.7. The van der Waals surface area contributed by atoms with Gasteiger partial charge in [0.2, 0.25) is 0 Å². The average Bonchev–Trinajstić information content (AvgIpc) is 3.15. The van der Waals surface area contributed by atoms with E-state index in [4.69, 9.17) is 9.73 Å². The maximum absolute atomic E-state index is 5.56. The van der Waals surface area contributed by atoms with Crippen LogP contribution in [0.4, 0.5) is 0 Å². The Hall–Kier alpha value is -0.470. The highest BCUT2D eigenvalue weighted by atomic mass is 127. The number of likely N-dealkylation sites (tertiary alicyclic amines) is 1. The Morgan fingerprint density at radius 3 is 2.70 bits per heavy atom. The second-order valence-electron chi connectivity index (χ2n) is 7.46. The molecule has 152 valence electrons. The van der Waals surface area contributed by atoms with Crippen LogP contribution in [0.5, 0.6) is 0 Å². The molecule has 6 heteroatoms. The van der Waals surface area contributed by atoms with Gasteiger partial charge in [0.25, 0.3) is 0 Å². The minimum Gasteiger partial charge on any atom is -0.381 e. The number of aliphatic imine (C=N–C) groups is 1. The summed E-state index contributed by atoms with van der Waals surface area (Å²) in [5, 5.41) is 3.53. The summed E-state index contributed by atoms with van der Waals surface area (Å²) in [7, 11) is 0. The molecule has 1 unspecified atom stereocenters. The number of rotatable bonds is 6. The molecule has 0 radical (unpaired) electrons. The van der Waals surface area contributed by atoms with Gasteiger partial charge in [-0.15, -0.1) is 24.0 Å². The van der Waals surface area contributed by atoms with E-state index < -0.39 is 0 Å². The second-order valence-corrected chi connectivity index (χ2v) is 8.73. The number of nitrogens with zero attached hydrogens (tertiary/aromatic N) is 2. The van der Waals surface area contributed by atoms with Crippen molar-refractivity contribution in [2.45, 2.75) is 37.4 Å². The highest BCUT2D eigenvalue weighted by molar-refractivity contribution is 14.0.